The van der Waals surface area contributed by atoms with Crippen LogP contribution in [0, 0.1) is 0 Å². The summed E-state index contributed by atoms with van der Waals surface area (Å²) in [6.07, 6.45) is 9.29. The first-order valence-corrected chi connectivity index (χ1v) is 14.6. The van der Waals surface area contributed by atoms with Gasteiger partial charge in [0, 0.05) is 77.1 Å². The maximum absolute atomic E-state index is 13.6. The molecule has 4 heterocycles. The van der Waals surface area contributed by atoms with E-state index in [-0.39, 0.29) is 5.56 Å². The molecule has 1 saturated heterocycles. The predicted octanol–water partition coefficient (Wildman–Crippen LogP) is 5.73. The van der Waals surface area contributed by atoms with Crippen molar-refractivity contribution in [3.8, 4) is 21.6 Å². The quantitative estimate of drug-likeness (QED) is 0.326. The molecule has 1 fully saturated rings. The number of likely N-dealkylation sites (N-methyl/N-ethyl adjacent to an activating group) is 1. The maximum Gasteiger partial charge on any atom is 0.260 e. The van der Waals surface area contributed by atoms with E-state index < -0.39 is 0 Å². The van der Waals surface area contributed by atoms with Crippen molar-refractivity contribution in [2.45, 2.75) is 25.9 Å². The van der Waals surface area contributed by atoms with E-state index in [0.717, 1.165) is 54.1 Å². The van der Waals surface area contributed by atoms with E-state index in [1.165, 1.54) is 0 Å². The van der Waals surface area contributed by atoms with Crippen LogP contribution < -0.4 is 10.9 Å². The predicted molar refractivity (Wildman–Crippen MR) is 162 cm³/mol. The van der Waals surface area contributed by atoms with Crippen LogP contribution in [-0.4, -0.2) is 63.6 Å². The smallest absolute Gasteiger partial charge is 0.260 e. The Labute approximate surface area is 237 Å². The number of thiophene rings is 1. The zero-order valence-electron chi connectivity index (χ0n) is 22.1. The van der Waals surface area contributed by atoms with Crippen LogP contribution in [0.2, 0.25) is 5.02 Å². The van der Waals surface area contributed by atoms with Gasteiger partial charge in [0.25, 0.3) is 5.56 Å². The van der Waals surface area contributed by atoms with Gasteiger partial charge >= 0.3 is 0 Å². The van der Waals surface area contributed by atoms with Gasteiger partial charge in [-0.1, -0.05) is 42.0 Å². The van der Waals surface area contributed by atoms with Gasteiger partial charge in [0.1, 0.15) is 5.65 Å². The van der Waals surface area contributed by atoms with Crippen molar-refractivity contribution in [1.29, 1.82) is 0 Å². The van der Waals surface area contributed by atoms with Crippen LogP contribution in [0.3, 0.4) is 0 Å². The molecule has 1 aliphatic heterocycles. The molecule has 0 radical (unpaired) electrons. The van der Waals surface area contributed by atoms with Crippen LogP contribution in [0.1, 0.15) is 13.3 Å². The van der Waals surface area contributed by atoms with Crippen molar-refractivity contribution in [2.75, 3.05) is 38.5 Å². The standard InChI is InChI=1S/C30H31ClN6OS/c1-3-37-28-21(17-25(29(37)38)24-11-6-20(18-26(24)31)27-5-4-16-39-27)19-32-30(34-28)33-22-7-9-23(10-8-22)36-14-12-35(2)13-15-36/h4-9,11,16-19,23H,3,10,12-15H2,1-2H3,(H,32,33,34). The topological polar surface area (TPSA) is 66.3 Å². The first kappa shape index (κ1) is 26.0. The summed E-state index contributed by atoms with van der Waals surface area (Å²) in [6.45, 7) is 6.84. The van der Waals surface area contributed by atoms with Gasteiger partial charge in [0.05, 0.1) is 0 Å². The Hall–Kier alpha value is -3.30. The third-order valence-corrected chi connectivity index (χ3v) is 8.78. The lowest BCUT2D eigenvalue weighted by Crippen LogP contribution is -2.48. The van der Waals surface area contributed by atoms with Gasteiger partial charge < -0.3 is 10.2 Å². The Kier molecular flexibility index (Phi) is 7.36. The van der Waals surface area contributed by atoms with Crippen LogP contribution >= 0.6 is 22.9 Å². The number of hydrogen-bond acceptors (Lipinski definition) is 7. The van der Waals surface area contributed by atoms with Gasteiger partial charge in [-0.05, 0) is 55.6 Å². The Morgan fingerprint density at radius 3 is 2.67 bits per heavy atom. The van der Waals surface area contributed by atoms with E-state index in [0.29, 0.717) is 40.3 Å². The number of allylic oxidation sites excluding steroid dienone is 1. The fraction of sp³-hybridized carbons (Fsp3) is 0.300. The summed E-state index contributed by atoms with van der Waals surface area (Å²) >= 11 is 8.36. The summed E-state index contributed by atoms with van der Waals surface area (Å²) in [7, 11) is 2.18. The minimum absolute atomic E-state index is 0.118. The summed E-state index contributed by atoms with van der Waals surface area (Å²) in [5.74, 6) is 0.476. The third kappa shape index (κ3) is 5.30. The van der Waals surface area contributed by atoms with E-state index in [1.807, 2.05) is 42.6 Å². The van der Waals surface area contributed by atoms with E-state index in [1.54, 1.807) is 22.1 Å². The second kappa shape index (κ2) is 11.1. The largest absolute Gasteiger partial charge is 0.324 e. The second-order valence-corrected chi connectivity index (χ2v) is 11.4. The Balaban J connectivity index is 1.25. The summed E-state index contributed by atoms with van der Waals surface area (Å²) in [5, 5.41) is 6.71. The van der Waals surface area contributed by atoms with Crippen LogP contribution in [0.5, 0.6) is 0 Å². The molecule has 6 rings (SSSR count). The molecule has 0 bridgehead atoms. The molecule has 3 aromatic heterocycles. The van der Waals surface area contributed by atoms with Crippen molar-refractivity contribution in [3.63, 3.8) is 0 Å². The molecule has 200 valence electrons. The summed E-state index contributed by atoms with van der Waals surface area (Å²) in [5.41, 5.74) is 3.75. The Bertz CT molecular complexity index is 1620. The number of nitrogens with one attached hydrogen (secondary N) is 1. The molecular formula is C30H31ClN6OS. The van der Waals surface area contributed by atoms with Gasteiger partial charge in [-0.15, -0.1) is 11.3 Å². The highest BCUT2D eigenvalue weighted by Gasteiger charge is 2.22. The fourth-order valence-electron chi connectivity index (χ4n) is 5.29. The molecule has 1 atom stereocenters. The SMILES string of the molecule is CCn1c(=O)c(-c2ccc(-c3cccs3)cc2Cl)cc2cnc(NC3=CCC(N4CCN(C)CC4)C=C3)nc21. The summed E-state index contributed by atoms with van der Waals surface area (Å²) in [6, 6.07) is 12.2. The highest BCUT2D eigenvalue weighted by Crippen LogP contribution is 2.33. The lowest BCUT2D eigenvalue weighted by atomic mass is 10.0. The molecule has 1 aromatic carbocycles. The maximum atomic E-state index is 13.6. The molecule has 39 heavy (non-hydrogen) atoms. The Morgan fingerprint density at radius 2 is 1.97 bits per heavy atom. The number of hydrogen-bond donors (Lipinski definition) is 1. The zero-order chi connectivity index (χ0) is 26.9. The number of anilines is 1. The number of aromatic nitrogens is 3. The molecular weight excluding hydrogens is 528 g/mol. The minimum Gasteiger partial charge on any atom is -0.324 e. The highest BCUT2D eigenvalue weighted by molar-refractivity contribution is 7.13. The molecule has 0 spiro atoms. The third-order valence-electron chi connectivity index (χ3n) is 7.55. The fourth-order valence-corrected chi connectivity index (χ4v) is 6.30. The number of fused-ring (bicyclic) bond motifs is 1. The molecule has 0 saturated carbocycles. The normalized spacial score (nSPS) is 18.4. The first-order chi connectivity index (χ1) is 19.0. The average molecular weight is 559 g/mol. The van der Waals surface area contributed by atoms with E-state index in [2.05, 4.69) is 51.4 Å². The number of piperazine rings is 1. The number of pyridine rings is 1. The molecule has 7 nitrogen and oxygen atoms in total. The Morgan fingerprint density at radius 1 is 1.13 bits per heavy atom. The molecule has 1 aliphatic carbocycles. The van der Waals surface area contributed by atoms with Crippen molar-refractivity contribution in [1.82, 2.24) is 24.3 Å². The average Bonchev–Trinajstić information content (AvgIpc) is 3.49. The number of halogens is 1. The zero-order valence-corrected chi connectivity index (χ0v) is 23.7. The van der Waals surface area contributed by atoms with Crippen molar-refractivity contribution < 1.29 is 0 Å². The van der Waals surface area contributed by atoms with E-state index in [4.69, 9.17) is 16.6 Å². The highest BCUT2D eigenvalue weighted by atomic mass is 35.5. The van der Waals surface area contributed by atoms with Gasteiger partial charge in [-0.3, -0.25) is 14.3 Å². The van der Waals surface area contributed by atoms with Gasteiger partial charge in [-0.25, -0.2) is 4.98 Å². The molecule has 1 N–H and O–H groups in total. The molecule has 4 aromatic rings. The van der Waals surface area contributed by atoms with Gasteiger partial charge in [0.2, 0.25) is 5.95 Å². The van der Waals surface area contributed by atoms with Gasteiger partial charge in [0.15, 0.2) is 0 Å². The molecule has 0 amide bonds. The van der Waals surface area contributed by atoms with Crippen molar-refractivity contribution >= 4 is 39.9 Å². The van der Waals surface area contributed by atoms with Crippen molar-refractivity contribution in [3.05, 3.63) is 87.3 Å². The monoisotopic (exact) mass is 558 g/mol. The number of nitrogens with zero attached hydrogens (tertiary/aromatic N) is 5. The molecule has 9 heteroatoms. The number of aryl methyl sites for hydroxylation is 1. The van der Waals surface area contributed by atoms with Crippen molar-refractivity contribution in [2.24, 2.45) is 0 Å². The molecule has 2 aliphatic rings. The second-order valence-electron chi connectivity index (χ2n) is 10.0. The minimum atomic E-state index is -0.118. The van der Waals surface area contributed by atoms with Gasteiger partial charge in [-0.2, -0.15) is 4.98 Å². The van der Waals surface area contributed by atoms with E-state index >= 15 is 0 Å². The lowest BCUT2D eigenvalue weighted by Gasteiger charge is -2.37. The number of benzene rings is 1. The van der Waals surface area contributed by atoms with E-state index in [9.17, 15) is 4.79 Å². The van der Waals surface area contributed by atoms with Crippen LogP contribution in [-0.2, 0) is 6.54 Å². The first-order valence-electron chi connectivity index (χ1n) is 13.3. The van der Waals surface area contributed by atoms with Crippen LogP contribution in [0.25, 0.3) is 32.6 Å². The van der Waals surface area contributed by atoms with Crippen LogP contribution in [0.15, 0.2) is 76.7 Å². The summed E-state index contributed by atoms with van der Waals surface area (Å²) in [4.78, 5) is 28.9. The summed E-state index contributed by atoms with van der Waals surface area (Å²) < 4.78 is 1.69. The number of rotatable bonds is 6. The van der Waals surface area contributed by atoms with Crippen LogP contribution in [0.4, 0.5) is 5.95 Å². The molecule has 1 unspecified atom stereocenters. The lowest BCUT2D eigenvalue weighted by molar-refractivity contribution is 0.130.